The van der Waals surface area contributed by atoms with Gasteiger partial charge in [-0.05, 0) is 37.3 Å². The summed E-state index contributed by atoms with van der Waals surface area (Å²) < 4.78 is 0. The summed E-state index contributed by atoms with van der Waals surface area (Å²) in [7, 11) is 0. The van der Waals surface area contributed by atoms with Crippen molar-refractivity contribution < 1.29 is 14.7 Å². The summed E-state index contributed by atoms with van der Waals surface area (Å²) in [6.45, 7) is 2.42. The van der Waals surface area contributed by atoms with Crippen molar-refractivity contribution in [2.45, 2.75) is 19.4 Å². The van der Waals surface area contributed by atoms with Gasteiger partial charge in [-0.25, -0.2) is 9.59 Å². The van der Waals surface area contributed by atoms with Gasteiger partial charge in [-0.2, -0.15) is 11.8 Å². The Labute approximate surface area is 123 Å². The third kappa shape index (κ3) is 5.97. The second-order valence-electron chi connectivity index (χ2n) is 4.51. The summed E-state index contributed by atoms with van der Waals surface area (Å²) in [4.78, 5) is 22.4. The Kier molecular flexibility index (Phi) is 6.93. The lowest BCUT2D eigenvalue weighted by Gasteiger charge is -2.13. The fraction of sp³-hybridized carbons (Fsp3) is 0.429. The zero-order valence-electron chi connectivity index (χ0n) is 11.7. The Morgan fingerprint density at radius 2 is 2.15 bits per heavy atom. The third-order valence-corrected chi connectivity index (χ3v) is 3.50. The van der Waals surface area contributed by atoms with Crippen LogP contribution >= 0.6 is 11.8 Å². The predicted molar refractivity (Wildman–Crippen MR) is 81.5 cm³/mol. The standard InChI is InChI=1S/C14H20N2O3S/c1-10(9-20-2)16-14(19)15-7-6-11-4-3-5-12(8-11)13(17)18/h3-5,8,10H,6-7,9H2,1-2H3,(H,17,18)(H2,15,16,19). The first-order valence-electron chi connectivity index (χ1n) is 6.38. The zero-order chi connectivity index (χ0) is 15.0. The molecule has 1 aromatic carbocycles. The number of thioether (sulfide) groups is 1. The summed E-state index contributed by atoms with van der Waals surface area (Å²) in [5.41, 5.74) is 1.16. The monoisotopic (exact) mass is 296 g/mol. The van der Waals surface area contributed by atoms with Gasteiger partial charge in [0.05, 0.1) is 5.56 Å². The number of benzene rings is 1. The molecule has 110 valence electrons. The van der Waals surface area contributed by atoms with Gasteiger partial charge in [0, 0.05) is 18.3 Å². The lowest BCUT2D eigenvalue weighted by atomic mass is 10.1. The van der Waals surface area contributed by atoms with E-state index in [1.165, 1.54) is 0 Å². The Balaban J connectivity index is 2.35. The molecule has 6 heteroatoms. The summed E-state index contributed by atoms with van der Waals surface area (Å²) in [5, 5.41) is 14.5. The first kappa shape index (κ1) is 16.4. The zero-order valence-corrected chi connectivity index (χ0v) is 12.5. The quantitative estimate of drug-likeness (QED) is 0.719. The van der Waals surface area contributed by atoms with E-state index in [0.29, 0.717) is 13.0 Å². The van der Waals surface area contributed by atoms with Crippen LogP contribution in [0.4, 0.5) is 4.79 Å². The van der Waals surface area contributed by atoms with Gasteiger partial charge in [0.1, 0.15) is 0 Å². The maximum Gasteiger partial charge on any atom is 0.335 e. The van der Waals surface area contributed by atoms with Gasteiger partial charge >= 0.3 is 12.0 Å². The first-order valence-corrected chi connectivity index (χ1v) is 7.78. The van der Waals surface area contributed by atoms with Crippen LogP contribution in [0.2, 0.25) is 0 Å². The Morgan fingerprint density at radius 3 is 2.80 bits per heavy atom. The molecule has 0 bridgehead atoms. The van der Waals surface area contributed by atoms with Crippen molar-refractivity contribution in [3.8, 4) is 0 Å². The number of rotatable bonds is 7. The number of amides is 2. The van der Waals surface area contributed by atoms with Crippen LogP contribution in [0.5, 0.6) is 0 Å². The molecular weight excluding hydrogens is 276 g/mol. The summed E-state index contributed by atoms with van der Waals surface area (Å²) in [6, 6.07) is 6.66. The van der Waals surface area contributed by atoms with Crippen molar-refractivity contribution in [2.24, 2.45) is 0 Å². The van der Waals surface area contributed by atoms with Crippen LogP contribution in [0.25, 0.3) is 0 Å². The van der Waals surface area contributed by atoms with Crippen LogP contribution in [0, 0.1) is 0 Å². The van der Waals surface area contributed by atoms with E-state index in [9.17, 15) is 9.59 Å². The Morgan fingerprint density at radius 1 is 1.40 bits per heavy atom. The van der Waals surface area contributed by atoms with Gasteiger partial charge in [-0.1, -0.05) is 12.1 Å². The largest absolute Gasteiger partial charge is 0.478 e. The first-order chi connectivity index (χ1) is 9.52. The maximum absolute atomic E-state index is 11.6. The molecule has 0 saturated carbocycles. The normalized spacial score (nSPS) is 11.7. The van der Waals surface area contributed by atoms with Crippen molar-refractivity contribution in [3.63, 3.8) is 0 Å². The molecule has 0 saturated heterocycles. The highest BCUT2D eigenvalue weighted by Gasteiger charge is 2.06. The minimum atomic E-state index is -0.941. The number of aromatic carboxylic acids is 1. The fourth-order valence-electron chi connectivity index (χ4n) is 1.75. The number of carboxylic acids is 1. The predicted octanol–water partition coefficient (Wildman–Crippen LogP) is 1.98. The third-order valence-electron chi connectivity index (χ3n) is 2.67. The molecule has 0 aliphatic heterocycles. The van der Waals surface area contributed by atoms with Gasteiger partial charge < -0.3 is 15.7 Å². The van der Waals surface area contributed by atoms with Gasteiger partial charge in [-0.15, -0.1) is 0 Å². The van der Waals surface area contributed by atoms with Crippen LogP contribution in [-0.2, 0) is 6.42 Å². The van der Waals surface area contributed by atoms with Gasteiger partial charge in [0.15, 0.2) is 0 Å². The molecule has 1 rings (SSSR count). The van der Waals surface area contributed by atoms with Crippen LogP contribution in [0.15, 0.2) is 24.3 Å². The Bertz CT molecular complexity index is 465. The van der Waals surface area contributed by atoms with Crippen molar-refractivity contribution in [1.82, 2.24) is 10.6 Å². The average Bonchev–Trinajstić information content (AvgIpc) is 2.39. The molecule has 0 aromatic heterocycles. The molecule has 5 nitrogen and oxygen atoms in total. The molecule has 0 heterocycles. The van der Waals surface area contributed by atoms with Gasteiger partial charge in [-0.3, -0.25) is 0 Å². The van der Waals surface area contributed by atoms with Crippen molar-refractivity contribution in [1.29, 1.82) is 0 Å². The number of carboxylic acid groups (broad SMARTS) is 1. The van der Waals surface area contributed by atoms with Gasteiger partial charge in [0.2, 0.25) is 0 Å². The number of carbonyl (C=O) groups excluding carboxylic acids is 1. The second-order valence-corrected chi connectivity index (χ2v) is 5.42. The molecule has 3 N–H and O–H groups in total. The van der Waals surface area contributed by atoms with Crippen LogP contribution in [-0.4, -0.2) is 41.7 Å². The number of hydrogen-bond donors (Lipinski definition) is 3. The van der Waals surface area contributed by atoms with Gasteiger partial charge in [0.25, 0.3) is 0 Å². The fourth-order valence-corrected chi connectivity index (χ4v) is 2.33. The number of hydrogen-bond acceptors (Lipinski definition) is 3. The molecule has 0 aliphatic carbocycles. The molecule has 0 aliphatic rings. The maximum atomic E-state index is 11.6. The molecule has 0 radical (unpaired) electrons. The topological polar surface area (TPSA) is 78.4 Å². The van der Waals surface area contributed by atoms with Crippen molar-refractivity contribution in [3.05, 3.63) is 35.4 Å². The van der Waals surface area contributed by atoms with E-state index in [-0.39, 0.29) is 17.6 Å². The van der Waals surface area contributed by atoms with Crippen molar-refractivity contribution in [2.75, 3.05) is 18.6 Å². The van der Waals surface area contributed by atoms with E-state index in [4.69, 9.17) is 5.11 Å². The summed E-state index contributed by atoms with van der Waals surface area (Å²) >= 11 is 1.68. The molecule has 1 unspecified atom stereocenters. The molecule has 20 heavy (non-hydrogen) atoms. The van der Waals surface area contributed by atoms with E-state index in [0.717, 1.165) is 11.3 Å². The van der Waals surface area contributed by atoms with Crippen LogP contribution in [0.3, 0.4) is 0 Å². The van der Waals surface area contributed by atoms with Crippen LogP contribution < -0.4 is 10.6 Å². The van der Waals surface area contributed by atoms with Crippen LogP contribution in [0.1, 0.15) is 22.8 Å². The lowest BCUT2D eigenvalue weighted by molar-refractivity contribution is 0.0696. The number of nitrogens with one attached hydrogen (secondary N) is 2. The average molecular weight is 296 g/mol. The second kappa shape index (κ2) is 8.47. The van der Waals surface area contributed by atoms with E-state index < -0.39 is 5.97 Å². The minimum Gasteiger partial charge on any atom is -0.478 e. The smallest absolute Gasteiger partial charge is 0.335 e. The molecule has 0 spiro atoms. The Hall–Kier alpha value is -1.69. The van der Waals surface area contributed by atoms with E-state index >= 15 is 0 Å². The number of urea groups is 1. The molecular formula is C14H20N2O3S. The van der Waals surface area contributed by atoms with E-state index in [2.05, 4.69) is 10.6 Å². The highest BCUT2D eigenvalue weighted by Crippen LogP contribution is 2.05. The summed E-state index contributed by atoms with van der Waals surface area (Å²) in [6.07, 6.45) is 2.59. The minimum absolute atomic E-state index is 0.125. The SMILES string of the molecule is CSCC(C)NC(=O)NCCc1cccc(C(=O)O)c1. The highest BCUT2D eigenvalue weighted by molar-refractivity contribution is 7.98. The van der Waals surface area contributed by atoms with E-state index in [1.807, 2.05) is 19.2 Å². The highest BCUT2D eigenvalue weighted by atomic mass is 32.2. The summed E-state index contributed by atoms with van der Waals surface area (Å²) in [5.74, 6) is -0.0721. The number of carbonyl (C=O) groups is 2. The lowest BCUT2D eigenvalue weighted by Crippen LogP contribution is -2.42. The molecule has 0 fully saturated rings. The molecule has 1 atom stereocenters. The van der Waals surface area contributed by atoms with Crippen molar-refractivity contribution >= 4 is 23.8 Å². The molecule has 1 aromatic rings. The van der Waals surface area contributed by atoms with E-state index in [1.54, 1.807) is 30.0 Å². The molecule has 2 amide bonds.